The summed E-state index contributed by atoms with van der Waals surface area (Å²) in [5, 5.41) is 0. The molecule has 0 spiro atoms. The number of nitrogens with zero attached hydrogens (tertiary/aromatic N) is 3. The first kappa shape index (κ1) is 17.9. The molecule has 24 heavy (non-hydrogen) atoms. The minimum absolute atomic E-state index is 0.0386. The second kappa shape index (κ2) is 9.63. The highest BCUT2D eigenvalue weighted by molar-refractivity contribution is 5.87. The summed E-state index contributed by atoms with van der Waals surface area (Å²) in [6, 6.07) is 14.1. The van der Waals surface area contributed by atoms with E-state index in [0.29, 0.717) is 13.1 Å². The Kier molecular flexibility index (Phi) is 7.18. The fraction of sp³-hybridized carbons (Fsp3) is 0.300. The fourth-order valence-electron chi connectivity index (χ4n) is 2.36. The number of likely N-dealkylation sites (N-methyl/N-ethyl adjacent to an activating group) is 1. The highest BCUT2D eigenvalue weighted by Gasteiger charge is 2.11. The van der Waals surface area contributed by atoms with E-state index in [4.69, 9.17) is 0 Å². The van der Waals surface area contributed by atoms with E-state index >= 15 is 0 Å². The van der Waals surface area contributed by atoms with Crippen LogP contribution in [0.4, 0.5) is 0 Å². The molecule has 0 saturated carbocycles. The zero-order valence-electron chi connectivity index (χ0n) is 14.4. The van der Waals surface area contributed by atoms with Crippen molar-refractivity contribution in [2.75, 3.05) is 27.2 Å². The number of carbonyl (C=O) groups excluding carboxylic acids is 1. The maximum Gasteiger partial charge on any atom is 0.246 e. The molecule has 1 amide bonds. The van der Waals surface area contributed by atoms with Crippen molar-refractivity contribution in [1.29, 1.82) is 0 Å². The SMILES string of the molecule is CN(C)C/C=C/C(=O)N(CCc1ccccc1)Cc1cccnc1. The molecule has 0 saturated heterocycles. The summed E-state index contributed by atoms with van der Waals surface area (Å²) in [4.78, 5) is 20.6. The molecule has 0 aliphatic heterocycles. The zero-order chi connectivity index (χ0) is 17.2. The first-order valence-electron chi connectivity index (χ1n) is 8.18. The van der Waals surface area contributed by atoms with Gasteiger partial charge in [-0.1, -0.05) is 42.5 Å². The van der Waals surface area contributed by atoms with E-state index in [1.165, 1.54) is 5.56 Å². The highest BCUT2D eigenvalue weighted by atomic mass is 16.2. The monoisotopic (exact) mass is 323 g/mol. The molecule has 1 aromatic heterocycles. The summed E-state index contributed by atoms with van der Waals surface area (Å²) in [6.07, 6.45) is 7.97. The van der Waals surface area contributed by atoms with Gasteiger partial charge < -0.3 is 9.80 Å². The summed E-state index contributed by atoms with van der Waals surface area (Å²) in [6.45, 7) is 2.01. The number of carbonyl (C=O) groups is 1. The van der Waals surface area contributed by atoms with Crippen LogP contribution in [-0.2, 0) is 17.8 Å². The van der Waals surface area contributed by atoms with Gasteiger partial charge >= 0.3 is 0 Å². The number of benzene rings is 1. The molecule has 0 unspecified atom stereocenters. The van der Waals surface area contributed by atoms with E-state index in [9.17, 15) is 4.79 Å². The van der Waals surface area contributed by atoms with Crippen molar-refractivity contribution in [1.82, 2.24) is 14.8 Å². The third-order valence-corrected chi connectivity index (χ3v) is 3.65. The zero-order valence-corrected chi connectivity index (χ0v) is 14.4. The Morgan fingerprint density at radius 1 is 1.08 bits per heavy atom. The lowest BCUT2D eigenvalue weighted by atomic mass is 10.1. The number of rotatable bonds is 8. The minimum atomic E-state index is 0.0386. The van der Waals surface area contributed by atoms with E-state index in [2.05, 4.69) is 17.1 Å². The Labute approximate surface area is 144 Å². The molecule has 4 nitrogen and oxygen atoms in total. The quantitative estimate of drug-likeness (QED) is 0.701. The van der Waals surface area contributed by atoms with Gasteiger partial charge in [-0.15, -0.1) is 0 Å². The fourth-order valence-corrected chi connectivity index (χ4v) is 2.36. The molecule has 0 radical (unpaired) electrons. The Bertz CT molecular complexity index is 638. The lowest BCUT2D eigenvalue weighted by molar-refractivity contribution is -0.126. The summed E-state index contributed by atoms with van der Waals surface area (Å²) >= 11 is 0. The molecule has 2 rings (SSSR count). The number of hydrogen-bond acceptors (Lipinski definition) is 3. The van der Waals surface area contributed by atoms with Crippen LogP contribution >= 0.6 is 0 Å². The second-order valence-electron chi connectivity index (χ2n) is 6.02. The Balaban J connectivity index is 2.02. The van der Waals surface area contributed by atoms with Crippen LogP contribution in [-0.4, -0.2) is 47.9 Å². The second-order valence-corrected chi connectivity index (χ2v) is 6.02. The van der Waals surface area contributed by atoms with E-state index in [0.717, 1.165) is 18.5 Å². The smallest absolute Gasteiger partial charge is 0.246 e. The summed E-state index contributed by atoms with van der Waals surface area (Å²) in [5.74, 6) is 0.0386. The van der Waals surface area contributed by atoms with Crippen LogP contribution in [0, 0.1) is 0 Å². The van der Waals surface area contributed by atoms with Gasteiger partial charge in [0.2, 0.25) is 5.91 Å². The van der Waals surface area contributed by atoms with E-state index in [-0.39, 0.29) is 5.91 Å². The van der Waals surface area contributed by atoms with Crippen molar-refractivity contribution >= 4 is 5.91 Å². The molecule has 0 bridgehead atoms. The van der Waals surface area contributed by atoms with Gasteiger partial charge in [0, 0.05) is 38.1 Å². The van der Waals surface area contributed by atoms with Crippen LogP contribution in [0.5, 0.6) is 0 Å². The molecular weight excluding hydrogens is 298 g/mol. The molecule has 0 aliphatic rings. The van der Waals surface area contributed by atoms with Gasteiger partial charge in [0.15, 0.2) is 0 Å². The van der Waals surface area contributed by atoms with E-state index in [1.807, 2.05) is 66.5 Å². The van der Waals surface area contributed by atoms with Crippen LogP contribution in [0.2, 0.25) is 0 Å². The normalized spacial score (nSPS) is 11.1. The van der Waals surface area contributed by atoms with Gasteiger partial charge in [-0.25, -0.2) is 0 Å². The van der Waals surface area contributed by atoms with Crippen molar-refractivity contribution < 1.29 is 4.79 Å². The van der Waals surface area contributed by atoms with E-state index in [1.54, 1.807) is 12.3 Å². The molecule has 1 heterocycles. The van der Waals surface area contributed by atoms with Crippen LogP contribution < -0.4 is 0 Å². The van der Waals surface area contributed by atoms with Crippen LogP contribution in [0.1, 0.15) is 11.1 Å². The van der Waals surface area contributed by atoms with Gasteiger partial charge in [-0.2, -0.15) is 0 Å². The van der Waals surface area contributed by atoms with Crippen molar-refractivity contribution in [3.63, 3.8) is 0 Å². The van der Waals surface area contributed by atoms with Gasteiger partial charge in [-0.3, -0.25) is 9.78 Å². The minimum Gasteiger partial charge on any atom is -0.334 e. The van der Waals surface area contributed by atoms with Crippen LogP contribution in [0.25, 0.3) is 0 Å². The third-order valence-electron chi connectivity index (χ3n) is 3.65. The molecule has 0 N–H and O–H groups in total. The molecule has 0 atom stereocenters. The lowest BCUT2D eigenvalue weighted by Crippen LogP contribution is -2.31. The standard InChI is InChI=1S/C20H25N3O/c1-22(2)14-7-11-20(24)23(17-19-10-6-13-21-16-19)15-12-18-8-4-3-5-9-18/h3-11,13,16H,12,14-15,17H2,1-2H3/b11-7+. The lowest BCUT2D eigenvalue weighted by Gasteiger charge is -2.21. The van der Waals surface area contributed by atoms with Crippen LogP contribution in [0.3, 0.4) is 0 Å². The molecule has 126 valence electrons. The van der Waals surface area contributed by atoms with Crippen LogP contribution in [0.15, 0.2) is 67.0 Å². The van der Waals surface area contributed by atoms with Crippen molar-refractivity contribution in [2.24, 2.45) is 0 Å². The first-order valence-corrected chi connectivity index (χ1v) is 8.18. The van der Waals surface area contributed by atoms with Gasteiger partial charge in [-0.05, 0) is 37.7 Å². The van der Waals surface area contributed by atoms with Gasteiger partial charge in [0.05, 0.1) is 0 Å². The molecule has 1 aromatic carbocycles. The van der Waals surface area contributed by atoms with Crippen molar-refractivity contribution in [3.05, 3.63) is 78.1 Å². The van der Waals surface area contributed by atoms with E-state index < -0.39 is 0 Å². The average molecular weight is 323 g/mol. The van der Waals surface area contributed by atoms with Gasteiger partial charge in [0.1, 0.15) is 0 Å². The molecule has 2 aromatic rings. The molecule has 0 aliphatic carbocycles. The molecular formula is C20H25N3O. The maximum atomic E-state index is 12.6. The summed E-state index contributed by atoms with van der Waals surface area (Å²) in [5.41, 5.74) is 2.28. The maximum absolute atomic E-state index is 12.6. The number of pyridine rings is 1. The molecule has 0 fully saturated rings. The summed E-state index contributed by atoms with van der Waals surface area (Å²) < 4.78 is 0. The number of hydrogen-bond donors (Lipinski definition) is 0. The largest absolute Gasteiger partial charge is 0.334 e. The molecule has 4 heteroatoms. The predicted molar refractivity (Wildman–Crippen MR) is 97.5 cm³/mol. The number of aromatic nitrogens is 1. The summed E-state index contributed by atoms with van der Waals surface area (Å²) in [7, 11) is 3.97. The Morgan fingerprint density at radius 3 is 2.50 bits per heavy atom. The first-order chi connectivity index (χ1) is 11.6. The predicted octanol–water partition coefficient (Wildman–Crippen LogP) is 2.77. The van der Waals surface area contributed by atoms with Crippen molar-refractivity contribution in [2.45, 2.75) is 13.0 Å². The van der Waals surface area contributed by atoms with Crippen molar-refractivity contribution in [3.8, 4) is 0 Å². The Morgan fingerprint density at radius 2 is 1.83 bits per heavy atom. The average Bonchev–Trinajstić information content (AvgIpc) is 2.60. The third kappa shape index (κ3) is 6.34. The highest BCUT2D eigenvalue weighted by Crippen LogP contribution is 2.07. The number of amides is 1. The topological polar surface area (TPSA) is 36.4 Å². The Hall–Kier alpha value is -2.46. The van der Waals surface area contributed by atoms with Gasteiger partial charge in [0.25, 0.3) is 0 Å².